The normalized spacial score (nSPS) is 20.8. The van der Waals surface area contributed by atoms with Gasteiger partial charge in [0.1, 0.15) is 46.9 Å². The summed E-state index contributed by atoms with van der Waals surface area (Å²) in [6.07, 6.45) is -0.388. The van der Waals surface area contributed by atoms with Crippen LogP contribution in [0.3, 0.4) is 0 Å². The SMILES string of the molecule is O=c1cc(CCc2ccccc2)oc2c1[C@@H](Oc1ccc3oc(CCc4ccccc4)cc(=O)c3c1)[C@@H](O)[C@H]1O[C@@H]21. The van der Waals surface area contributed by atoms with E-state index in [0.29, 0.717) is 46.8 Å². The fraction of sp³-hybridized carbons (Fsp3) is 0.235. The molecular weight excluding hydrogens is 520 g/mol. The van der Waals surface area contributed by atoms with Crippen LogP contribution in [0.5, 0.6) is 5.75 Å². The zero-order valence-corrected chi connectivity index (χ0v) is 22.2. The van der Waals surface area contributed by atoms with Gasteiger partial charge in [0.15, 0.2) is 17.0 Å². The van der Waals surface area contributed by atoms with Crippen LogP contribution in [0.4, 0.5) is 0 Å². The lowest BCUT2D eigenvalue weighted by Crippen LogP contribution is -2.36. The van der Waals surface area contributed by atoms with Crippen molar-refractivity contribution in [2.45, 2.75) is 50.1 Å². The van der Waals surface area contributed by atoms with Gasteiger partial charge in [-0.05, 0) is 42.2 Å². The zero-order valence-electron chi connectivity index (χ0n) is 22.2. The first-order valence-electron chi connectivity index (χ1n) is 13.8. The van der Waals surface area contributed by atoms with Gasteiger partial charge in [0.25, 0.3) is 0 Å². The summed E-state index contributed by atoms with van der Waals surface area (Å²) in [4.78, 5) is 26.3. The second kappa shape index (κ2) is 10.5. The van der Waals surface area contributed by atoms with Crippen LogP contribution in [-0.4, -0.2) is 17.3 Å². The molecule has 0 amide bonds. The Bertz CT molecular complexity index is 1820. The van der Waals surface area contributed by atoms with E-state index in [9.17, 15) is 14.7 Å². The van der Waals surface area contributed by atoms with Crippen LogP contribution in [-0.2, 0) is 30.4 Å². The molecule has 0 unspecified atom stereocenters. The minimum atomic E-state index is -1.06. The predicted molar refractivity (Wildman–Crippen MR) is 152 cm³/mol. The second-order valence-electron chi connectivity index (χ2n) is 10.6. The lowest BCUT2D eigenvalue weighted by atomic mass is 9.91. The van der Waals surface area contributed by atoms with Gasteiger partial charge < -0.3 is 23.4 Å². The molecule has 7 rings (SSSR count). The number of fused-ring (bicyclic) bond motifs is 4. The Morgan fingerprint density at radius 2 is 1.34 bits per heavy atom. The average molecular weight is 549 g/mol. The van der Waals surface area contributed by atoms with Crippen molar-refractivity contribution in [1.29, 1.82) is 0 Å². The van der Waals surface area contributed by atoms with Gasteiger partial charge in [-0.25, -0.2) is 0 Å². The molecule has 1 saturated heterocycles. The van der Waals surface area contributed by atoms with E-state index in [4.69, 9.17) is 18.3 Å². The summed E-state index contributed by atoms with van der Waals surface area (Å²) in [7, 11) is 0. The number of ether oxygens (including phenoxy) is 2. The lowest BCUT2D eigenvalue weighted by Gasteiger charge is -2.27. The average Bonchev–Trinajstić information content (AvgIpc) is 3.80. The van der Waals surface area contributed by atoms with Crippen LogP contribution >= 0.6 is 0 Å². The third kappa shape index (κ3) is 5.10. The molecule has 1 N–H and O–H groups in total. The topological polar surface area (TPSA) is 102 Å². The van der Waals surface area contributed by atoms with Gasteiger partial charge in [-0.1, -0.05) is 60.7 Å². The molecule has 7 nitrogen and oxygen atoms in total. The van der Waals surface area contributed by atoms with Crippen molar-refractivity contribution < 1.29 is 23.4 Å². The van der Waals surface area contributed by atoms with Crippen LogP contribution in [0, 0.1) is 0 Å². The van der Waals surface area contributed by atoms with Gasteiger partial charge in [0.2, 0.25) is 0 Å². The maximum Gasteiger partial charge on any atom is 0.193 e. The Morgan fingerprint density at radius 1 is 0.707 bits per heavy atom. The molecule has 7 heteroatoms. The Kier molecular flexibility index (Phi) is 6.53. The molecule has 3 heterocycles. The molecule has 2 aliphatic rings. The molecule has 0 spiro atoms. The summed E-state index contributed by atoms with van der Waals surface area (Å²) in [6, 6.07) is 27.9. The molecule has 0 radical (unpaired) electrons. The molecule has 206 valence electrons. The highest BCUT2D eigenvalue weighted by Crippen LogP contribution is 2.51. The Hall–Kier alpha value is -4.46. The van der Waals surface area contributed by atoms with Gasteiger partial charge in [0, 0.05) is 25.0 Å². The van der Waals surface area contributed by atoms with E-state index in [-0.39, 0.29) is 16.4 Å². The molecule has 41 heavy (non-hydrogen) atoms. The number of hydrogen-bond donors (Lipinski definition) is 1. The minimum Gasteiger partial charge on any atom is -0.483 e. The van der Waals surface area contributed by atoms with Crippen LogP contribution in [0.15, 0.2) is 109 Å². The summed E-state index contributed by atoms with van der Waals surface area (Å²) < 4.78 is 24.0. The summed E-state index contributed by atoms with van der Waals surface area (Å²) >= 11 is 0. The smallest absolute Gasteiger partial charge is 0.193 e. The standard InChI is InChI=1S/C34H28O7/c35-26-18-23(13-11-20-7-3-1-4-8-20)38-28-16-15-22(17-25(26)28)39-31-29-27(36)19-24(14-12-21-9-5-2-6-10-21)40-32(29)34-33(41-34)30(31)37/h1-10,15-19,30-31,33-34,37H,11-14H2/t30-,31-,33-,34+/m1/s1. The lowest BCUT2D eigenvalue weighted by molar-refractivity contribution is 0.0130. The first-order valence-corrected chi connectivity index (χ1v) is 13.8. The summed E-state index contributed by atoms with van der Waals surface area (Å²) in [6.45, 7) is 0. The van der Waals surface area contributed by atoms with Gasteiger partial charge in [-0.3, -0.25) is 9.59 Å². The molecule has 0 saturated carbocycles. The fourth-order valence-electron chi connectivity index (χ4n) is 5.61. The number of rotatable bonds is 8. The van der Waals surface area contributed by atoms with Crippen molar-refractivity contribution >= 4 is 11.0 Å². The zero-order chi connectivity index (χ0) is 27.9. The highest BCUT2D eigenvalue weighted by atomic mass is 16.6. The molecule has 1 aliphatic heterocycles. The number of aliphatic hydroxyl groups is 1. The third-order valence-corrected chi connectivity index (χ3v) is 7.80. The summed E-state index contributed by atoms with van der Waals surface area (Å²) in [5.41, 5.74) is 2.57. The van der Waals surface area contributed by atoms with E-state index in [2.05, 4.69) is 0 Å². The number of epoxide rings is 1. The van der Waals surface area contributed by atoms with Crippen molar-refractivity contribution in [2.75, 3.05) is 0 Å². The molecular formula is C34H28O7. The largest absolute Gasteiger partial charge is 0.483 e. The van der Waals surface area contributed by atoms with E-state index in [0.717, 1.165) is 18.4 Å². The highest BCUT2D eigenvalue weighted by Gasteiger charge is 2.58. The van der Waals surface area contributed by atoms with Crippen molar-refractivity contribution in [3.63, 3.8) is 0 Å². The van der Waals surface area contributed by atoms with Gasteiger partial charge in [0.05, 0.1) is 10.9 Å². The maximum absolute atomic E-state index is 13.3. The van der Waals surface area contributed by atoms with Crippen molar-refractivity contribution in [2.24, 2.45) is 0 Å². The fourth-order valence-corrected chi connectivity index (χ4v) is 5.61. The first-order chi connectivity index (χ1) is 20.0. The van der Waals surface area contributed by atoms with Crippen molar-refractivity contribution in [3.8, 4) is 5.75 Å². The quantitative estimate of drug-likeness (QED) is 0.264. The Balaban J connectivity index is 1.13. The number of hydrogen-bond acceptors (Lipinski definition) is 7. The van der Waals surface area contributed by atoms with E-state index < -0.39 is 24.4 Å². The summed E-state index contributed by atoms with van der Waals surface area (Å²) in [5, 5.41) is 11.3. The van der Waals surface area contributed by atoms with E-state index in [1.807, 2.05) is 60.7 Å². The predicted octanol–water partition coefficient (Wildman–Crippen LogP) is 5.25. The van der Waals surface area contributed by atoms with Crippen LogP contribution in [0.1, 0.15) is 46.2 Å². The first kappa shape index (κ1) is 25.5. The molecule has 1 aliphatic carbocycles. The molecule has 2 aromatic heterocycles. The number of aliphatic hydroxyl groups excluding tert-OH is 1. The Labute approximate surface area is 235 Å². The molecule has 3 aromatic carbocycles. The summed E-state index contributed by atoms with van der Waals surface area (Å²) in [5.74, 6) is 1.91. The molecule has 1 fully saturated rings. The monoisotopic (exact) mass is 548 g/mol. The maximum atomic E-state index is 13.3. The number of aryl methyl sites for hydroxylation is 4. The minimum absolute atomic E-state index is 0.183. The molecule has 0 bridgehead atoms. The van der Waals surface area contributed by atoms with Crippen LogP contribution in [0.25, 0.3) is 11.0 Å². The van der Waals surface area contributed by atoms with E-state index in [1.54, 1.807) is 18.2 Å². The Morgan fingerprint density at radius 3 is 2.02 bits per heavy atom. The van der Waals surface area contributed by atoms with Crippen LogP contribution in [0.2, 0.25) is 0 Å². The number of benzene rings is 3. The van der Waals surface area contributed by atoms with Gasteiger partial charge in [-0.15, -0.1) is 0 Å². The van der Waals surface area contributed by atoms with Crippen molar-refractivity contribution in [1.82, 2.24) is 0 Å². The second-order valence-corrected chi connectivity index (χ2v) is 10.6. The highest BCUT2D eigenvalue weighted by molar-refractivity contribution is 5.78. The van der Waals surface area contributed by atoms with E-state index in [1.165, 1.54) is 17.7 Å². The van der Waals surface area contributed by atoms with Crippen molar-refractivity contribution in [3.05, 3.63) is 145 Å². The van der Waals surface area contributed by atoms with E-state index >= 15 is 0 Å². The van der Waals surface area contributed by atoms with Crippen LogP contribution < -0.4 is 15.6 Å². The molecule has 5 aromatic rings. The third-order valence-electron chi connectivity index (χ3n) is 7.80. The van der Waals surface area contributed by atoms with Gasteiger partial charge in [-0.2, -0.15) is 0 Å². The molecule has 4 atom stereocenters. The van der Waals surface area contributed by atoms with Gasteiger partial charge >= 0.3 is 0 Å².